The Kier molecular flexibility index (Phi) is 7.29. The number of halogens is 3. The van der Waals surface area contributed by atoms with Crippen LogP contribution in [0, 0.1) is 0 Å². The highest BCUT2D eigenvalue weighted by molar-refractivity contribution is 9.10. The van der Waals surface area contributed by atoms with E-state index in [0.29, 0.717) is 27.8 Å². The fraction of sp³-hybridized carbons (Fsp3) is 0.174. The van der Waals surface area contributed by atoms with Crippen molar-refractivity contribution in [2.24, 2.45) is 0 Å². The number of amides is 1. The fourth-order valence-corrected chi connectivity index (χ4v) is 3.95. The molecule has 0 fully saturated rings. The number of rotatable bonds is 8. The second-order valence-electron chi connectivity index (χ2n) is 7.13. The molecule has 0 atom stereocenters. The van der Waals surface area contributed by atoms with Crippen molar-refractivity contribution >= 4 is 56.5 Å². The van der Waals surface area contributed by atoms with Gasteiger partial charge < -0.3 is 10.6 Å². The summed E-state index contributed by atoms with van der Waals surface area (Å²) in [5.41, 5.74) is 2.93. The molecule has 0 aliphatic rings. The van der Waals surface area contributed by atoms with E-state index in [-0.39, 0.29) is 5.91 Å². The van der Waals surface area contributed by atoms with Gasteiger partial charge in [-0.15, -0.1) is 0 Å². The van der Waals surface area contributed by atoms with Crippen LogP contribution < -0.4 is 10.6 Å². The molecule has 2 N–H and O–H groups in total. The molecule has 164 valence electrons. The molecule has 4 rings (SSSR count). The third-order valence-corrected chi connectivity index (χ3v) is 6.02. The lowest BCUT2D eigenvalue weighted by molar-refractivity contribution is 0.0953. The minimum Gasteiger partial charge on any atom is -0.370 e. The van der Waals surface area contributed by atoms with Crippen molar-refractivity contribution in [3.63, 3.8) is 0 Å². The molecule has 2 heterocycles. The number of anilines is 1. The molecular formula is C23H20BrCl2N5O. The Morgan fingerprint density at radius 2 is 1.78 bits per heavy atom. The van der Waals surface area contributed by atoms with E-state index in [4.69, 9.17) is 28.2 Å². The molecule has 0 spiro atoms. The van der Waals surface area contributed by atoms with Crippen LogP contribution in [0.1, 0.15) is 23.2 Å². The molecule has 1 amide bonds. The molecule has 0 aliphatic carbocycles. The molecule has 0 radical (unpaired) electrons. The minimum absolute atomic E-state index is 0.101. The Hall–Kier alpha value is -2.61. The first-order chi connectivity index (χ1) is 15.5. The highest BCUT2D eigenvalue weighted by atomic mass is 79.9. The Bertz CT molecular complexity index is 1240. The lowest BCUT2D eigenvalue weighted by Crippen LogP contribution is -2.24. The van der Waals surface area contributed by atoms with Gasteiger partial charge in [0.05, 0.1) is 16.4 Å². The van der Waals surface area contributed by atoms with E-state index in [0.717, 1.165) is 40.9 Å². The van der Waals surface area contributed by atoms with Crippen LogP contribution >= 0.6 is 39.1 Å². The number of nitrogens with zero attached hydrogens (tertiary/aromatic N) is 3. The molecule has 32 heavy (non-hydrogen) atoms. The summed E-state index contributed by atoms with van der Waals surface area (Å²) in [5.74, 6) is 0.720. The van der Waals surface area contributed by atoms with Gasteiger partial charge in [0.1, 0.15) is 5.82 Å². The van der Waals surface area contributed by atoms with Crippen molar-refractivity contribution in [2.75, 3.05) is 18.4 Å². The average molecular weight is 533 g/mol. The third kappa shape index (κ3) is 5.23. The third-order valence-electron chi connectivity index (χ3n) is 4.88. The molecule has 0 aliphatic heterocycles. The summed E-state index contributed by atoms with van der Waals surface area (Å²) in [7, 11) is 0. The number of aromatic nitrogens is 3. The van der Waals surface area contributed by atoms with Gasteiger partial charge in [-0.2, -0.15) is 9.61 Å². The van der Waals surface area contributed by atoms with Gasteiger partial charge in [0, 0.05) is 40.3 Å². The Labute approximate surface area is 204 Å². The lowest BCUT2D eigenvalue weighted by atomic mass is 10.1. The van der Waals surface area contributed by atoms with Gasteiger partial charge in [-0.1, -0.05) is 41.4 Å². The summed E-state index contributed by atoms with van der Waals surface area (Å²) in [4.78, 5) is 16.9. The van der Waals surface area contributed by atoms with Crippen LogP contribution in [0.15, 0.2) is 65.3 Å². The van der Waals surface area contributed by atoms with Gasteiger partial charge in [0.25, 0.3) is 5.91 Å². The SMILES string of the molecule is O=C(NCCCCNc1cc(-c2ccccc2Cl)nc2c(Br)cnn12)c1ccc(Cl)cc1. The number of hydrogen-bond acceptors (Lipinski definition) is 4. The van der Waals surface area contributed by atoms with Crippen molar-refractivity contribution in [3.05, 3.63) is 80.9 Å². The topological polar surface area (TPSA) is 71.3 Å². The molecule has 6 nitrogen and oxygen atoms in total. The first-order valence-corrected chi connectivity index (χ1v) is 11.6. The molecule has 0 saturated carbocycles. The van der Waals surface area contributed by atoms with E-state index < -0.39 is 0 Å². The first-order valence-electron chi connectivity index (χ1n) is 10.1. The maximum atomic E-state index is 12.2. The number of carbonyl (C=O) groups excluding carboxylic acids is 1. The van der Waals surface area contributed by atoms with Crippen LogP contribution in [0.3, 0.4) is 0 Å². The quantitative estimate of drug-likeness (QED) is 0.269. The van der Waals surface area contributed by atoms with Gasteiger partial charge in [-0.05, 0) is 59.1 Å². The Morgan fingerprint density at radius 3 is 2.56 bits per heavy atom. The summed E-state index contributed by atoms with van der Waals surface area (Å²) in [6.45, 7) is 1.31. The molecule has 0 unspecified atom stereocenters. The average Bonchev–Trinajstić information content (AvgIpc) is 3.17. The van der Waals surface area contributed by atoms with Crippen molar-refractivity contribution < 1.29 is 4.79 Å². The van der Waals surface area contributed by atoms with E-state index in [9.17, 15) is 4.79 Å². The summed E-state index contributed by atoms with van der Waals surface area (Å²) in [6.07, 6.45) is 3.42. The summed E-state index contributed by atoms with van der Waals surface area (Å²) in [5, 5.41) is 12.0. The highest BCUT2D eigenvalue weighted by Gasteiger charge is 2.13. The molecule has 4 aromatic rings. The molecule has 9 heteroatoms. The number of hydrogen-bond donors (Lipinski definition) is 2. The molecular weight excluding hydrogens is 513 g/mol. The number of benzene rings is 2. The number of fused-ring (bicyclic) bond motifs is 1. The number of unbranched alkanes of at least 4 members (excludes halogenated alkanes) is 1. The fourth-order valence-electron chi connectivity index (χ4n) is 3.24. The van der Waals surface area contributed by atoms with Crippen LogP contribution in [-0.4, -0.2) is 33.6 Å². The molecule has 2 aromatic heterocycles. The second kappa shape index (κ2) is 10.3. The summed E-state index contributed by atoms with van der Waals surface area (Å²) in [6, 6.07) is 16.4. The molecule has 0 saturated heterocycles. The van der Waals surface area contributed by atoms with E-state index in [1.807, 2.05) is 30.3 Å². The van der Waals surface area contributed by atoms with Gasteiger partial charge in [-0.25, -0.2) is 4.98 Å². The maximum Gasteiger partial charge on any atom is 0.251 e. The van der Waals surface area contributed by atoms with Crippen molar-refractivity contribution in [1.29, 1.82) is 0 Å². The predicted octanol–water partition coefficient (Wildman–Crippen LogP) is 6.09. The largest absolute Gasteiger partial charge is 0.370 e. The van der Waals surface area contributed by atoms with Crippen LogP contribution in [0.5, 0.6) is 0 Å². The standard InChI is InChI=1S/C23H20BrCl2N5O/c24-18-14-29-31-21(13-20(30-22(18)31)17-5-1-2-6-19(17)26)27-11-3-4-12-28-23(32)15-7-9-16(25)10-8-15/h1-2,5-10,13-14,27H,3-4,11-12H2,(H,28,32). The summed E-state index contributed by atoms with van der Waals surface area (Å²) < 4.78 is 2.56. The second-order valence-corrected chi connectivity index (χ2v) is 8.83. The van der Waals surface area contributed by atoms with Crippen molar-refractivity contribution in [1.82, 2.24) is 19.9 Å². The number of nitrogens with one attached hydrogen (secondary N) is 2. The van der Waals surface area contributed by atoms with Crippen LogP contribution in [-0.2, 0) is 0 Å². The lowest BCUT2D eigenvalue weighted by Gasteiger charge is -2.12. The zero-order valence-electron chi connectivity index (χ0n) is 17.0. The Balaban J connectivity index is 1.36. The van der Waals surface area contributed by atoms with Crippen molar-refractivity contribution in [3.8, 4) is 11.3 Å². The zero-order valence-corrected chi connectivity index (χ0v) is 20.1. The maximum absolute atomic E-state index is 12.2. The molecule has 0 bridgehead atoms. The first kappa shape index (κ1) is 22.6. The van der Waals surface area contributed by atoms with E-state index in [1.165, 1.54) is 0 Å². The van der Waals surface area contributed by atoms with Gasteiger partial charge in [0.15, 0.2) is 5.65 Å². The highest BCUT2D eigenvalue weighted by Crippen LogP contribution is 2.30. The van der Waals surface area contributed by atoms with Crippen LogP contribution in [0.25, 0.3) is 16.9 Å². The zero-order chi connectivity index (χ0) is 22.5. The Morgan fingerprint density at radius 1 is 1.03 bits per heavy atom. The smallest absolute Gasteiger partial charge is 0.251 e. The normalized spacial score (nSPS) is 11.0. The predicted molar refractivity (Wildman–Crippen MR) is 133 cm³/mol. The van der Waals surface area contributed by atoms with Crippen LogP contribution in [0.4, 0.5) is 5.82 Å². The van der Waals surface area contributed by atoms with Crippen molar-refractivity contribution in [2.45, 2.75) is 12.8 Å². The molecule has 2 aromatic carbocycles. The minimum atomic E-state index is -0.101. The van der Waals surface area contributed by atoms with E-state index in [1.54, 1.807) is 35.0 Å². The van der Waals surface area contributed by atoms with E-state index >= 15 is 0 Å². The number of carbonyl (C=O) groups is 1. The van der Waals surface area contributed by atoms with Gasteiger partial charge in [0.2, 0.25) is 0 Å². The van der Waals surface area contributed by atoms with E-state index in [2.05, 4.69) is 31.7 Å². The van der Waals surface area contributed by atoms with Gasteiger partial charge in [-0.3, -0.25) is 4.79 Å². The summed E-state index contributed by atoms with van der Waals surface area (Å²) >= 11 is 15.8. The monoisotopic (exact) mass is 531 g/mol. The van der Waals surface area contributed by atoms with Crippen LogP contribution in [0.2, 0.25) is 10.0 Å². The van der Waals surface area contributed by atoms with Gasteiger partial charge >= 0.3 is 0 Å².